The second-order valence-corrected chi connectivity index (χ2v) is 8.60. The molecule has 0 aliphatic heterocycles. The Balaban J connectivity index is 1.75. The number of fused-ring (bicyclic) bond motifs is 7. The molecule has 0 aliphatic carbocycles. The maximum atomic E-state index is 9.65. The number of nitrogens with zero attached hydrogens (tertiary/aromatic N) is 6. The largest absolute Gasteiger partial charge is 0.307 e. The number of para-hydroxylation sites is 2. The van der Waals surface area contributed by atoms with Crippen molar-refractivity contribution in [1.29, 1.82) is 10.5 Å². The van der Waals surface area contributed by atoms with Crippen molar-refractivity contribution in [1.82, 2.24) is 19.1 Å². The highest BCUT2D eigenvalue weighted by Gasteiger charge is 2.22. The Labute approximate surface area is 205 Å². The molecule has 166 valence electrons. The van der Waals surface area contributed by atoms with E-state index < -0.39 is 0 Å². The molecule has 7 aromatic rings. The normalized spacial score (nSPS) is 11.3. The summed E-state index contributed by atoms with van der Waals surface area (Å²) in [4.78, 5) is 9.76. The molecule has 0 spiro atoms. The summed E-state index contributed by atoms with van der Waals surface area (Å²) in [5.41, 5.74) is 8.09. The monoisotopic (exact) mass is 460 g/mol. The Morgan fingerprint density at radius 3 is 2.11 bits per heavy atom. The average Bonchev–Trinajstić information content (AvgIpc) is 3.46. The van der Waals surface area contributed by atoms with Crippen molar-refractivity contribution in [3.63, 3.8) is 0 Å². The van der Waals surface area contributed by atoms with Crippen LogP contribution < -0.4 is 0 Å². The van der Waals surface area contributed by atoms with E-state index in [2.05, 4.69) is 45.5 Å². The third-order valence-electron chi connectivity index (χ3n) is 6.61. The topological polar surface area (TPSA) is 83.2 Å². The Morgan fingerprint density at radius 1 is 0.611 bits per heavy atom. The van der Waals surface area contributed by atoms with Crippen LogP contribution in [0.2, 0.25) is 0 Å². The Kier molecular flexibility index (Phi) is 4.17. The fourth-order valence-electron chi connectivity index (χ4n) is 5.19. The maximum Gasteiger partial charge on any atom is 0.0992 e. The van der Waals surface area contributed by atoms with Crippen LogP contribution in [0.25, 0.3) is 55.2 Å². The second-order valence-electron chi connectivity index (χ2n) is 8.60. The van der Waals surface area contributed by atoms with Gasteiger partial charge in [-0.1, -0.05) is 36.4 Å². The van der Waals surface area contributed by atoms with Crippen LogP contribution in [-0.4, -0.2) is 19.1 Å². The van der Waals surface area contributed by atoms with Gasteiger partial charge in [-0.25, -0.2) is 0 Å². The average molecular weight is 461 g/mol. The van der Waals surface area contributed by atoms with Gasteiger partial charge < -0.3 is 9.13 Å². The van der Waals surface area contributed by atoms with Gasteiger partial charge in [0.2, 0.25) is 0 Å². The SMILES string of the molecule is N#Cc1cc(C#N)cc(-n2c3ccccc3c3ncc4c(c5ncccc5n4-c4ccccc4)c32)c1. The van der Waals surface area contributed by atoms with Gasteiger partial charge in [-0.05, 0) is 48.5 Å². The standard InChI is InChI=1S/C30H16N6/c31-16-19-13-20(17-32)15-22(14-19)36-24-10-5-4-9-23(24)28-30(36)27-26(18-34-28)35(21-7-2-1-3-8-21)25-11-6-12-33-29(25)27/h1-15,18H. The minimum absolute atomic E-state index is 0.431. The lowest BCUT2D eigenvalue weighted by Crippen LogP contribution is -1.97. The second kappa shape index (κ2) is 7.53. The zero-order chi connectivity index (χ0) is 24.2. The van der Waals surface area contributed by atoms with E-state index in [1.54, 1.807) is 12.3 Å². The molecule has 0 amide bonds. The van der Waals surface area contributed by atoms with E-state index in [9.17, 15) is 10.5 Å². The molecule has 3 aromatic carbocycles. The number of hydrogen-bond acceptors (Lipinski definition) is 4. The Bertz CT molecular complexity index is 2030. The summed E-state index contributed by atoms with van der Waals surface area (Å²) in [6, 6.07) is 31.9. The van der Waals surface area contributed by atoms with Gasteiger partial charge in [0.25, 0.3) is 0 Å². The molecule has 0 bridgehead atoms. The highest BCUT2D eigenvalue weighted by Crippen LogP contribution is 2.40. The van der Waals surface area contributed by atoms with Gasteiger partial charge in [0.1, 0.15) is 0 Å². The van der Waals surface area contributed by atoms with E-state index in [0.717, 1.165) is 55.2 Å². The molecule has 6 heteroatoms. The summed E-state index contributed by atoms with van der Waals surface area (Å²) in [6.07, 6.45) is 3.72. The van der Waals surface area contributed by atoms with Crippen molar-refractivity contribution < 1.29 is 0 Å². The quantitative estimate of drug-likeness (QED) is 0.298. The molecule has 0 saturated carbocycles. The van der Waals surface area contributed by atoms with Crippen LogP contribution in [0.5, 0.6) is 0 Å². The molecule has 0 saturated heterocycles. The summed E-state index contributed by atoms with van der Waals surface area (Å²) in [7, 11) is 0. The Morgan fingerprint density at radius 2 is 1.33 bits per heavy atom. The number of nitriles is 2. The van der Waals surface area contributed by atoms with Crippen LogP contribution in [0.3, 0.4) is 0 Å². The van der Waals surface area contributed by atoms with Gasteiger partial charge in [-0.3, -0.25) is 9.97 Å². The van der Waals surface area contributed by atoms with Gasteiger partial charge in [-0.15, -0.1) is 0 Å². The zero-order valence-electron chi connectivity index (χ0n) is 18.9. The van der Waals surface area contributed by atoms with Gasteiger partial charge in [0, 0.05) is 23.0 Å². The maximum absolute atomic E-state index is 9.65. The van der Waals surface area contributed by atoms with E-state index >= 15 is 0 Å². The first-order valence-corrected chi connectivity index (χ1v) is 11.5. The van der Waals surface area contributed by atoms with Gasteiger partial charge >= 0.3 is 0 Å². The summed E-state index contributed by atoms with van der Waals surface area (Å²) in [5, 5.41) is 21.3. The minimum atomic E-state index is 0.431. The van der Waals surface area contributed by atoms with Crippen LogP contribution in [0, 0.1) is 22.7 Å². The minimum Gasteiger partial charge on any atom is -0.307 e. The van der Waals surface area contributed by atoms with Crippen molar-refractivity contribution in [3.8, 4) is 23.5 Å². The number of hydrogen-bond donors (Lipinski definition) is 0. The predicted octanol–water partition coefficient (Wildman–Crippen LogP) is 6.41. The molecule has 0 radical (unpaired) electrons. The smallest absolute Gasteiger partial charge is 0.0992 e. The van der Waals surface area contributed by atoms with E-state index in [1.165, 1.54) is 0 Å². The predicted molar refractivity (Wildman–Crippen MR) is 140 cm³/mol. The van der Waals surface area contributed by atoms with Gasteiger partial charge in [0.05, 0.1) is 67.9 Å². The molecule has 4 heterocycles. The van der Waals surface area contributed by atoms with E-state index in [4.69, 9.17) is 9.97 Å². The lowest BCUT2D eigenvalue weighted by atomic mass is 10.1. The fraction of sp³-hybridized carbons (Fsp3) is 0. The molecule has 7 rings (SSSR count). The number of pyridine rings is 2. The highest BCUT2D eigenvalue weighted by molar-refractivity contribution is 6.23. The lowest BCUT2D eigenvalue weighted by molar-refractivity contribution is 1.16. The highest BCUT2D eigenvalue weighted by atomic mass is 15.0. The molecular formula is C30H16N6. The zero-order valence-corrected chi connectivity index (χ0v) is 18.9. The third kappa shape index (κ3) is 2.70. The molecule has 0 fully saturated rings. The number of aromatic nitrogens is 4. The van der Waals surface area contributed by atoms with Crippen LogP contribution in [0.1, 0.15) is 11.1 Å². The first-order valence-electron chi connectivity index (χ1n) is 11.5. The van der Waals surface area contributed by atoms with Gasteiger partial charge in [-0.2, -0.15) is 10.5 Å². The fourth-order valence-corrected chi connectivity index (χ4v) is 5.19. The summed E-state index contributed by atoms with van der Waals surface area (Å²) in [6.45, 7) is 0. The lowest BCUT2D eigenvalue weighted by Gasteiger charge is -2.10. The summed E-state index contributed by atoms with van der Waals surface area (Å²) in [5.74, 6) is 0. The summed E-state index contributed by atoms with van der Waals surface area (Å²) >= 11 is 0. The third-order valence-corrected chi connectivity index (χ3v) is 6.61. The van der Waals surface area contributed by atoms with Crippen LogP contribution in [0.15, 0.2) is 97.3 Å². The van der Waals surface area contributed by atoms with E-state index in [-0.39, 0.29) is 0 Å². The van der Waals surface area contributed by atoms with Gasteiger partial charge in [0.15, 0.2) is 0 Å². The van der Waals surface area contributed by atoms with Crippen molar-refractivity contribution in [2.75, 3.05) is 0 Å². The number of benzene rings is 3. The van der Waals surface area contributed by atoms with E-state index in [1.807, 2.05) is 60.8 Å². The molecule has 36 heavy (non-hydrogen) atoms. The van der Waals surface area contributed by atoms with Crippen LogP contribution in [0.4, 0.5) is 0 Å². The molecular weight excluding hydrogens is 444 g/mol. The molecule has 0 atom stereocenters. The van der Waals surface area contributed by atoms with Crippen molar-refractivity contribution >= 4 is 43.9 Å². The first-order chi connectivity index (χ1) is 17.8. The van der Waals surface area contributed by atoms with E-state index in [0.29, 0.717) is 11.1 Å². The molecule has 4 aromatic heterocycles. The first kappa shape index (κ1) is 20.0. The molecule has 0 unspecified atom stereocenters. The van der Waals surface area contributed by atoms with Crippen LogP contribution >= 0.6 is 0 Å². The molecule has 6 nitrogen and oxygen atoms in total. The molecule has 0 N–H and O–H groups in total. The van der Waals surface area contributed by atoms with Crippen molar-refractivity contribution in [2.24, 2.45) is 0 Å². The Hall–Kier alpha value is -5.46. The van der Waals surface area contributed by atoms with Crippen molar-refractivity contribution in [2.45, 2.75) is 0 Å². The molecule has 0 aliphatic rings. The van der Waals surface area contributed by atoms with Crippen molar-refractivity contribution in [3.05, 3.63) is 108 Å². The summed E-state index contributed by atoms with van der Waals surface area (Å²) < 4.78 is 4.28. The number of rotatable bonds is 2. The van der Waals surface area contributed by atoms with Crippen LogP contribution in [-0.2, 0) is 0 Å².